The molecule has 3 aromatic rings. The quantitative estimate of drug-likeness (QED) is 0.517. The fraction of sp³-hybridized carbons (Fsp3) is 0.316. The number of H-pyrrole nitrogens is 1. The van der Waals surface area contributed by atoms with Gasteiger partial charge in [-0.25, -0.2) is 0 Å². The number of Topliss-reactive ketones (excluding diaryl/α,β-unsaturated/α-hetero) is 2. The maximum absolute atomic E-state index is 12.9. The van der Waals surface area contributed by atoms with Crippen molar-refractivity contribution in [2.24, 2.45) is 0 Å². The number of hydrogen-bond acceptors (Lipinski definition) is 6. The smallest absolute Gasteiger partial charge is 0.214 e. The van der Waals surface area contributed by atoms with Crippen LogP contribution in [-0.4, -0.2) is 42.0 Å². The van der Waals surface area contributed by atoms with Crippen LogP contribution in [0.4, 0.5) is 0 Å². The molecule has 0 aliphatic carbocycles. The van der Waals surface area contributed by atoms with E-state index in [4.69, 9.17) is 0 Å². The maximum atomic E-state index is 12.9. The van der Waals surface area contributed by atoms with Crippen LogP contribution in [0.25, 0.3) is 5.69 Å². The largest absolute Gasteiger partial charge is 0.355 e. The number of aryl methyl sites for hydroxylation is 2. The zero-order valence-electron chi connectivity index (χ0n) is 15.9. The van der Waals surface area contributed by atoms with E-state index >= 15 is 0 Å². The molecule has 0 saturated carbocycles. The van der Waals surface area contributed by atoms with Crippen molar-refractivity contribution < 1.29 is 9.59 Å². The first kappa shape index (κ1) is 19.0. The molecule has 3 rings (SSSR count). The van der Waals surface area contributed by atoms with Gasteiger partial charge in [0.25, 0.3) is 0 Å². The molecule has 1 unspecified atom stereocenters. The van der Waals surface area contributed by atoms with Crippen molar-refractivity contribution >= 4 is 23.3 Å². The summed E-state index contributed by atoms with van der Waals surface area (Å²) in [5.74, 6) is -0.143. The maximum Gasteiger partial charge on any atom is 0.214 e. The zero-order chi connectivity index (χ0) is 19.7. The Morgan fingerprint density at radius 3 is 2.59 bits per heavy atom. The van der Waals surface area contributed by atoms with Crippen molar-refractivity contribution in [1.29, 1.82) is 0 Å². The summed E-state index contributed by atoms with van der Waals surface area (Å²) in [6.45, 7) is 8.91. The highest BCUT2D eigenvalue weighted by Crippen LogP contribution is 2.27. The van der Waals surface area contributed by atoms with Gasteiger partial charge in [-0.05, 0) is 68.3 Å². The predicted molar refractivity (Wildman–Crippen MR) is 104 cm³/mol. The molecule has 27 heavy (non-hydrogen) atoms. The Morgan fingerprint density at radius 2 is 1.96 bits per heavy atom. The Bertz CT molecular complexity index is 1020. The van der Waals surface area contributed by atoms with Gasteiger partial charge in [-0.15, -0.1) is 5.10 Å². The highest BCUT2D eigenvalue weighted by Gasteiger charge is 2.26. The van der Waals surface area contributed by atoms with E-state index in [1.54, 1.807) is 18.5 Å². The van der Waals surface area contributed by atoms with Gasteiger partial charge < -0.3 is 4.98 Å². The van der Waals surface area contributed by atoms with E-state index in [1.807, 2.05) is 38.1 Å². The number of rotatable bonds is 6. The van der Waals surface area contributed by atoms with E-state index in [0.29, 0.717) is 27.7 Å². The van der Waals surface area contributed by atoms with Crippen LogP contribution in [0.2, 0.25) is 0 Å². The number of aromatic amines is 1. The first-order chi connectivity index (χ1) is 12.8. The van der Waals surface area contributed by atoms with Crippen LogP contribution in [0.3, 0.4) is 0 Å². The molecular formula is C19H21N5O2S. The van der Waals surface area contributed by atoms with Crippen molar-refractivity contribution in [1.82, 2.24) is 25.2 Å². The van der Waals surface area contributed by atoms with Crippen LogP contribution in [0, 0.1) is 20.8 Å². The van der Waals surface area contributed by atoms with Gasteiger partial charge in [-0.1, -0.05) is 23.9 Å². The van der Waals surface area contributed by atoms with E-state index in [1.165, 1.54) is 18.7 Å². The first-order valence-corrected chi connectivity index (χ1v) is 9.44. The number of nitrogens with one attached hydrogen (secondary N) is 1. The summed E-state index contributed by atoms with van der Waals surface area (Å²) in [7, 11) is 0. The number of benzene rings is 1. The number of aromatic nitrogens is 5. The van der Waals surface area contributed by atoms with Crippen LogP contribution in [0.15, 0.2) is 29.4 Å². The van der Waals surface area contributed by atoms with E-state index in [2.05, 4.69) is 20.5 Å². The Kier molecular flexibility index (Phi) is 5.27. The Balaban J connectivity index is 1.86. The number of carbonyl (C=O) groups is 2. The summed E-state index contributed by atoms with van der Waals surface area (Å²) in [5, 5.41) is 12.0. The number of ketones is 2. The van der Waals surface area contributed by atoms with E-state index in [-0.39, 0.29) is 11.6 Å². The molecule has 1 aromatic carbocycles. The number of tetrazole rings is 1. The minimum absolute atomic E-state index is 0.0519. The summed E-state index contributed by atoms with van der Waals surface area (Å²) >= 11 is 1.29. The third-order valence-corrected chi connectivity index (χ3v) is 5.41. The van der Waals surface area contributed by atoms with Crippen molar-refractivity contribution in [2.45, 2.75) is 45.0 Å². The number of nitrogens with zero attached hydrogens (tertiary/aromatic N) is 4. The van der Waals surface area contributed by atoms with Crippen LogP contribution in [-0.2, 0) is 0 Å². The zero-order valence-corrected chi connectivity index (χ0v) is 16.7. The lowest BCUT2D eigenvalue weighted by Gasteiger charge is -2.10. The van der Waals surface area contributed by atoms with E-state index < -0.39 is 5.25 Å². The number of thioether (sulfide) groups is 1. The van der Waals surface area contributed by atoms with Gasteiger partial charge >= 0.3 is 0 Å². The third-order valence-electron chi connectivity index (χ3n) is 4.37. The minimum Gasteiger partial charge on any atom is -0.355 e. The van der Waals surface area contributed by atoms with Gasteiger partial charge in [0, 0.05) is 11.3 Å². The summed E-state index contributed by atoms with van der Waals surface area (Å²) in [6, 6.07) is 7.82. The Labute approximate surface area is 161 Å². The van der Waals surface area contributed by atoms with Crippen LogP contribution in [0.5, 0.6) is 0 Å². The fourth-order valence-corrected chi connectivity index (χ4v) is 3.98. The second-order valence-corrected chi connectivity index (χ2v) is 7.83. The van der Waals surface area contributed by atoms with Gasteiger partial charge in [-0.3, -0.25) is 9.59 Å². The summed E-state index contributed by atoms with van der Waals surface area (Å²) in [4.78, 5) is 27.8. The topological polar surface area (TPSA) is 93.5 Å². The second kappa shape index (κ2) is 7.48. The lowest BCUT2D eigenvalue weighted by molar-refractivity contribution is 0.0988. The average molecular weight is 383 g/mol. The second-order valence-electron chi connectivity index (χ2n) is 6.52. The van der Waals surface area contributed by atoms with Crippen LogP contribution < -0.4 is 0 Å². The normalized spacial score (nSPS) is 12.2. The van der Waals surface area contributed by atoms with Crippen LogP contribution >= 0.6 is 11.8 Å². The molecule has 0 amide bonds. The Hall–Kier alpha value is -2.74. The highest BCUT2D eigenvalue weighted by molar-refractivity contribution is 8.00. The SMILES string of the molecule is CC(=O)c1c(C)[nH]c(C(=O)C(C)Sc2nnnn2-c2cccc(C)c2)c1C. The monoisotopic (exact) mass is 383 g/mol. The van der Waals surface area contributed by atoms with Crippen molar-refractivity contribution in [3.05, 3.63) is 52.3 Å². The van der Waals surface area contributed by atoms with Gasteiger partial charge in [0.2, 0.25) is 5.16 Å². The molecule has 2 aromatic heterocycles. The minimum atomic E-state index is -0.420. The lowest BCUT2D eigenvalue weighted by atomic mass is 10.0. The summed E-state index contributed by atoms with van der Waals surface area (Å²) < 4.78 is 1.62. The van der Waals surface area contributed by atoms with Crippen molar-refractivity contribution in [2.75, 3.05) is 0 Å². The standard InChI is InChI=1S/C19H21N5O2S/c1-10-7-6-8-15(9-10)24-19(21-22-23-24)27-14(5)18(26)17-11(2)16(13(4)25)12(3)20-17/h6-9,14,20H,1-5H3. The molecule has 0 aliphatic rings. The summed E-state index contributed by atoms with van der Waals surface area (Å²) in [5.41, 5.74) is 4.39. The molecule has 0 spiro atoms. The molecule has 0 radical (unpaired) electrons. The van der Waals surface area contributed by atoms with Gasteiger partial charge in [0.15, 0.2) is 11.6 Å². The average Bonchev–Trinajstić information content (AvgIpc) is 3.18. The molecular weight excluding hydrogens is 362 g/mol. The molecule has 140 valence electrons. The molecule has 1 atom stereocenters. The predicted octanol–water partition coefficient (Wildman–Crippen LogP) is 3.48. The van der Waals surface area contributed by atoms with Crippen LogP contribution in [0.1, 0.15) is 51.5 Å². The molecule has 1 N–H and O–H groups in total. The molecule has 8 heteroatoms. The molecule has 2 heterocycles. The molecule has 0 bridgehead atoms. The van der Waals surface area contributed by atoms with Gasteiger partial charge in [-0.2, -0.15) is 4.68 Å². The third kappa shape index (κ3) is 3.71. The molecule has 0 fully saturated rings. The van der Waals surface area contributed by atoms with Crippen molar-refractivity contribution in [3.8, 4) is 5.69 Å². The Morgan fingerprint density at radius 1 is 1.22 bits per heavy atom. The van der Waals surface area contributed by atoms with E-state index in [0.717, 1.165) is 11.3 Å². The van der Waals surface area contributed by atoms with E-state index in [9.17, 15) is 9.59 Å². The fourth-order valence-electron chi connectivity index (χ4n) is 3.11. The van der Waals surface area contributed by atoms with Gasteiger partial charge in [0.05, 0.1) is 16.6 Å². The summed E-state index contributed by atoms with van der Waals surface area (Å²) in [6.07, 6.45) is 0. The first-order valence-electron chi connectivity index (χ1n) is 8.56. The highest BCUT2D eigenvalue weighted by atomic mass is 32.2. The molecule has 7 nitrogen and oxygen atoms in total. The van der Waals surface area contributed by atoms with Gasteiger partial charge in [0.1, 0.15) is 0 Å². The molecule has 0 aliphatic heterocycles. The van der Waals surface area contributed by atoms with Crippen molar-refractivity contribution in [3.63, 3.8) is 0 Å². The number of carbonyl (C=O) groups excluding carboxylic acids is 2. The number of hydrogen-bond donors (Lipinski definition) is 1. The molecule has 0 saturated heterocycles. The lowest BCUT2D eigenvalue weighted by Crippen LogP contribution is -2.16.